The first-order valence-electron chi connectivity index (χ1n) is 10.6. The maximum Gasteiger partial charge on any atom is 0.416 e. The molecule has 0 saturated heterocycles. The maximum absolute atomic E-state index is 13.1. The van der Waals surface area contributed by atoms with Crippen molar-refractivity contribution < 1.29 is 18.0 Å². The molecule has 2 aromatic carbocycles. The van der Waals surface area contributed by atoms with Crippen LogP contribution in [0.5, 0.6) is 0 Å². The van der Waals surface area contributed by atoms with Gasteiger partial charge >= 0.3 is 6.18 Å². The Morgan fingerprint density at radius 3 is 2.59 bits per heavy atom. The second-order valence-corrected chi connectivity index (χ2v) is 8.26. The number of fused-ring (bicyclic) bond motifs is 1. The number of carbonyl (C=O) groups is 1. The molecule has 0 aliphatic carbocycles. The number of nitrogens with one attached hydrogen (secondary N) is 1. The molecule has 0 aliphatic rings. The molecule has 0 unspecified atom stereocenters. The Hall–Kier alpha value is -3.95. The molecule has 2 heterocycles. The molecule has 0 fully saturated rings. The van der Waals surface area contributed by atoms with Crippen LogP contribution >= 0.6 is 0 Å². The largest absolute Gasteiger partial charge is 0.416 e. The Morgan fingerprint density at radius 2 is 1.88 bits per heavy atom. The summed E-state index contributed by atoms with van der Waals surface area (Å²) >= 11 is 0. The van der Waals surface area contributed by atoms with Crippen molar-refractivity contribution in [1.29, 1.82) is 0 Å². The molecule has 7 nitrogen and oxygen atoms in total. The lowest BCUT2D eigenvalue weighted by Crippen LogP contribution is -2.28. The minimum absolute atomic E-state index is 0.0893. The van der Waals surface area contributed by atoms with E-state index in [2.05, 4.69) is 15.4 Å². The first-order chi connectivity index (χ1) is 16.1. The molecule has 176 valence electrons. The minimum atomic E-state index is -4.51. The molecule has 2 aromatic heterocycles. The summed E-state index contributed by atoms with van der Waals surface area (Å²) in [7, 11) is 0. The first-order valence-corrected chi connectivity index (χ1v) is 10.6. The fourth-order valence-electron chi connectivity index (χ4n) is 3.74. The summed E-state index contributed by atoms with van der Waals surface area (Å²) in [6, 6.07) is 10.3. The zero-order valence-electron chi connectivity index (χ0n) is 18.7. The highest BCUT2D eigenvalue weighted by Gasteiger charge is 2.30. The molecule has 0 aliphatic heterocycles. The number of hydrogen-bond acceptors (Lipinski definition) is 4. The van der Waals surface area contributed by atoms with Crippen LogP contribution in [0.1, 0.15) is 36.5 Å². The van der Waals surface area contributed by atoms with Gasteiger partial charge in [-0.15, -0.1) is 0 Å². The van der Waals surface area contributed by atoms with Gasteiger partial charge in [0.15, 0.2) is 5.65 Å². The van der Waals surface area contributed by atoms with Gasteiger partial charge in [0, 0.05) is 5.69 Å². The van der Waals surface area contributed by atoms with Crippen LogP contribution in [-0.2, 0) is 17.5 Å². The van der Waals surface area contributed by atoms with Gasteiger partial charge in [0.2, 0.25) is 5.91 Å². The molecule has 34 heavy (non-hydrogen) atoms. The normalized spacial score (nSPS) is 11.9. The topological polar surface area (TPSA) is 81.8 Å². The summed E-state index contributed by atoms with van der Waals surface area (Å²) in [6.45, 7) is 5.66. The van der Waals surface area contributed by atoms with Crippen LogP contribution in [-0.4, -0.2) is 25.2 Å². The molecule has 0 atom stereocenters. The lowest BCUT2D eigenvalue weighted by molar-refractivity contribution is -0.137. The van der Waals surface area contributed by atoms with E-state index < -0.39 is 23.2 Å². The van der Waals surface area contributed by atoms with Crippen LogP contribution in [0.3, 0.4) is 0 Å². The third-order valence-electron chi connectivity index (χ3n) is 5.48. The number of benzene rings is 2. The minimum Gasteiger partial charge on any atom is -0.324 e. The fourth-order valence-corrected chi connectivity index (χ4v) is 3.74. The van der Waals surface area contributed by atoms with E-state index in [4.69, 9.17) is 0 Å². The summed E-state index contributed by atoms with van der Waals surface area (Å²) in [5.74, 6) is -0.206. The SMILES string of the molecule is Cc1cccc(C(C)C)c1NC(=O)Cn1cnc2c(cnn2-c2cccc(C(F)(F)F)c2)c1=O. The Labute approximate surface area is 192 Å². The van der Waals surface area contributed by atoms with Gasteiger partial charge in [-0.3, -0.25) is 14.2 Å². The predicted octanol–water partition coefficient (Wildman–Crippen LogP) is 4.67. The molecule has 10 heteroatoms. The van der Waals surface area contributed by atoms with Crippen molar-refractivity contribution in [3.05, 3.63) is 82.0 Å². The summed E-state index contributed by atoms with van der Waals surface area (Å²) in [5.41, 5.74) is 1.46. The van der Waals surface area contributed by atoms with Crippen LogP contribution in [0.25, 0.3) is 16.7 Å². The number of anilines is 1. The molecule has 0 saturated carbocycles. The maximum atomic E-state index is 13.1. The molecular formula is C24H22F3N5O2. The number of carbonyl (C=O) groups excluding carboxylic acids is 1. The van der Waals surface area contributed by atoms with E-state index in [1.54, 1.807) is 0 Å². The quantitative estimate of drug-likeness (QED) is 0.461. The van der Waals surface area contributed by atoms with Crippen molar-refractivity contribution in [2.75, 3.05) is 5.32 Å². The second kappa shape index (κ2) is 8.77. The van der Waals surface area contributed by atoms with Crippen LogP contribution in [0, 0.1) is 6.92 Å². The van der Waals surface area contributed by atoms with Gasteiger partial charge in [0.1, 0.15) is 18.3 Å². The third kappa shape index (κ3) is 4.43. The Kier molecular flexibility index (Phi) is 5.99. The number of halogens is 3. The first kappa shape index (κ1) is 23.2. The van der Waals surface area contributed by atoms with Crippen molar-refractivity contribution in [2.45, 2.75) is 39.4 Å². The van der Waals surface area contributed by atoms with Crippen LogP contribution in [0.2, 0.25) is 0 Å². The zero-order valence-corrected chi connectivity index (χ0v) is 18.7. The summed E-state index contributed by atoms with van der Waals surface area (Å²) in [6.07, 6.45) is -2.09. The Balaban J connectivity index is 1.63. The average Bonchev–Trinajstić information content (AvgIpc) is 3.21. The smallest absolute Gasteiger partial charge is 0.324 e. The summed E-state index contributed by atoms with van der Waals surface area (Å²) < 4.78 is 41.5. The highest BCUT2D eigenvalue weighted by atomic mass is 19.4. The van der Waals surface area contributed by atoms with Gasteiger partial charge in [0.05, 0.1) is 17.4 Å². The van der Waals surface area contributed by atoms with Gasteiger partial charge in [-0.05, 0) is 42.2 Å². The fraction of sp³-hybridized carbons (Fsp3) is 0.250. The van der Waals surface area contributed by atoms with E-state index in [-0.39, 0.29) is 29.2 Å². The molecule has 1 N–H and O–H groups in total. The Morgan fingerprint density at radius 1 is 1.15 bits per heavy atom. The van der Waals surface area contributed by atoms with E-state index in [0.717, 1.165) is 27.8 Å². The van der Waals surface area contributed by atoms with Crippen molar-refractivity contribution in [3.63, 3.8) is 0 Å². The number of rotatable bonds is 5. The number of aryl methyl sites for hydroxylation is 1. The van der Waals surface area contributed by atoms with E-state index in [1.165, 1.54) is 29.3 Å². The third-order valence-corrected chi connectivity index (χ3v) is 5.48. The van der Waals surface area contributed by atoms with Crippen molar-refractivity contribution in [3.8, 4) is 5.69 Å². The molecule has 0 bridgehead atoms. The molecule has 0 radical (unpaired) electrons. The van der Waals surface area contributed by atoms with Crippen LogP contribution in [0.4, 0.5) is 18.9 Å². The van der Waals surface area contributed by atoms with Gasteiger partial charge in [-0.25, -0.2) is 9.67 Å². The second-order valence-electron chi connectivity index (χ2n) is 8.26. The van der Waals surface area contributed by atoms with E-state index >= 15 is 0 Å². The number of alkyl halides is 3. The van der Waals surface area contributed by atoms with Crippen molar-refractivity contribution >= 4 is 22.6 Å². The molecule has 1 amide bonds. The van der Waals surface area contributed by atoms with Gasteiger partial charge in [0.25, 0.3) is 5.56 Å². The van der Waals surface area contributed by atoms with Gasteiger partial charge in [-0.2, -0.15) is 18.3 Å². The molecule has 0 spiro atoms. The number of hydrogen-bond donors (Lipinski definition) is 1. The highest BCUT2D eigenvalue weighted by molar-refractivity contribution is 5.92. The number of amides is 1. The van der Waals surface area contributed by atoms with Crippen LogP contribution in [0.15, 0.2) is 59.8 Å². The molecular weight excluding hydrogens is 447 g/mol. The van der Waals surface area contributed by atoms with Crippen LogP contribution < -0.4 is 10.9 Å². The van der Waals surface area contributed by atoms with Gasteiger partial charge in [-0.1, -0.05) is 38.1 Å². The predicted molar refractivity (Wildman–Crippen MR) is 122 cm³/mol. The molecule has 4 rings (SSSR count). The van der Waals surface area contributed by atoms with E-state index in [0.29, 0.717) is 5.69 Å². The average molecular weight is 469 g/mol. The van der Waals surface area contributed by atoms with E-state index in [9.17, 15) is 22.8 Å². The molecule has 4 aromatic rings. The van der Waals surface area contributed by atoms with Gasteiger partial charge < -0.3 is 5.32 Å². The lowest BCUT2D eigenvalue weighted by Gasteiger charge is -2.16. The van der Waals surface area contributed by atoms with Crippen molar-refractivity contribution in [1.82, 2.24) is 19.3 Å². The van der Waals surface area contributed by atoms with E-state index in [1.807, 2.05) is 39.0 Å². The lowest BCUT2D eigenvalue weighted by atomic mass is 9.98. The summed E-state index contributed by atoms with van der Waals surface area (Å²) in [4.78, 5) is 29.9. The van der Waals surface area contributed by atoms with Crippen molar-refractivity contribution in [2.24, 2.45) is 0 Å². The number of para-hydroxylation sites is 1. The Bertz CT molecular complexity index is 1440. The highest BCUT2D eigenvalue weighted by Crippen LogP contribution is 2.30. The monoisotopic (exact) mass is 469 g/mol. The summed E-state index contributed by atoms with van der Waals surface area (Å²) in [5, 5.41) is 7.02. The standard InChI is InChI=1S/C24H22F3N5O2/c1-14(2)18-9-4-6-15(3)21(18)30-20(33)12-31-13-28-22-19(23(31)34)11-29-32(22)17-8-5-7-16(10-17)24(25,26)27/h4-11,13-14H,12H2,1-3H3,(H,30,33). The number of nitrogens with zero attached hydrogens (tertiary/aromatic N) is 4. The number of aromatic nitrogens is 4. The zero-order chi connectivity index (χ0) is 24.6.